The van der Waals surface area contributed by atoms with Crippen LogP contribution in [-0.4, -0.2) is 22.9 Å². The Kier molecular flexibility index (Phi) is 3.30. The Morgan fingerprint density at radius 1 is 1.75 bits per heavy atom. The number of hydrogen-bond donors (Lipinski definition) is 1. The van der Waals surface area contributed by atoms with E-state index in [2.05, 4.69) is 10.4 Å². The van der Waals surface area contributed by atoms with Crippen molar-refractivity contribution in [3.8, 4) is 6.07 Å². The first-order valence-corrected chi connectivity index (χ1v) is 3.89. The van der Waals surface area contributed by atoms with Gasteiger partial charge in [-0.1, -0.05) is 0 Å². The van der Waals surface area contributed by atoms with Gasteiger partial charge in [0.15, 0.2) is 0 Å². The van der Waals surface area contributed by atoms with Crippen LogP contribution in [0.2, 0.25) is 0 Å². The lowest BCUT2D eigenvalue weighted by Gasteiger charge is -1.95. The highest BCUT2D eigenvalue weighted by Gasteiger charge is 1.94. The Hall–Kier alpha value is -1.34. The first kappa shape index (κ1) is 8.75. The molecule has 0 saturated carbocycles. The SMILES string of the molecule is Cn1ccc(CCNCC#N)n1. The molecule has 1 N–H and O–H groups in total. The molecule has 0 radical (unpaired) electrons. The van der Waals surface area contributed by atoms with E-state index in [9.17, 15) is 0 Å². The van der Waals surface area contributed by atoms with Crippen LogP contribution in [-0.2, 0) is 13.5 Å². The molecule has 4 nitrogen and oxygen atoms in total. The molecule has 0 bridgehead atoms. The van der Waals surface area contributed by atoms with Gasteiger partial charge in [0.25, 0.3) is 0 Å². The molecule has 0 fully saturated rings. The Morgan fingerprint density at radius 3 is 3.17 bits per heavy atom. The topological polar surface area (TPSA) is 53.6 Å². The second-order valence-electron chi connectivity index (χ2n) is 2.57. The summed E-state index contributed by atoms with van der Waals surface area (Å²) in [5, 5.41) is 15.4. The van der Waals surface area contributed by atoms with Gasteiger partial charge >= 0.3 is 0 Å². The van der Waals surface area contributed by atoms with Crippen LogP contribution < -0.4 is 5.32 Å². The van der Waals surface area contributed by atoms with Gasteiger partial charge in [-0.05, 0) is 6.07 Å². The highest BCUT2D eigenvalue weighted by Crippen LogP contribution is 1.93. The van der Waals surface area contributed by atoms with E-state index in [1.165, 1.54) is 0 Å². The molecule has 1 rings (SSSR count). The standard InChI is InChI=1S/C8H12N4/c1-12-7-3-8(11-12)2-5-10-6-4-9/h3,7,10H,2,5-6H2,1H3. The number of hydrogen-bond acceptors (Lipinski definition) is 3. The summed E-state index contributed by atoms with van der Waals surface area (Å²) < 4.78 is 1.78. The van der Waals surface area contributed by atoms with Crippen LogP contribution in [0, 0.1) is 11.3 Å². The maximum Gasteiger partial charge on any atom is 0.0841 e. The van der Waals surface area contributed by atoms with Gasteiger partial charge in [0.05, 0.1) is 18.3 Å². The Labute approximate surface area is 71.8 Å². The molecule has 0 spiro atoms. The van der Waals surface area contributed by atoms with Crippen molar-refractivity contribution in [2.24, 2.45) is 7.05 Å². The number of nitrogens with one attached hydrogen (secondary N) is 1. The van der Waals surface area contributed by atoms with Crippen LogP contribution in [0.5, 0.6) is 0 Å². The van der Waals surface area contributed by atoms with Gasteiger partial charge in [0, 0.05) is 26.2 Å². The van der Waals surface area contributed by atoms with Gasteiger partial charge in [0.1, 0.15) is 0 Å². The molecular formula is C8H12N4. The van der Waals surface area contributed by atoms with Crippen LogP contribution in [0.15, 0.2) is 12.3 Å². The third-order valence-electron chi connectivity index (χ3n) is 1.53. The van der Waals surface area contributed by atoms with Gasteiger partial charge in [-0.2, -0.15) is 10.4 Å². The van der Waals surface area contributed by atoms with Crippen molar-refractivity contribution in [1.29, 1.82) is 5.26 Å². The quantitative estimate of drug-likeness (QED) is 0.506. The summed E-state index contributed by atoms with van der Waals surface area (Å²) in [5.41, 5.74) is 1.06. The van der Waals surface area contributed by atoms with Gasteiger partial charge in [-0.3, -0.25) is 4.68 Å². The Bertz CT molecular complexity index is 271. The molecule has 1 aromatic heterocycles. The molecule has 0 aliphatic heterocycles. The largest absolute Gasteiger partial charge is 0.304 e. The van der Waals surface area contributed by atoms with Gasteiger partial charge < -0.3 is 5.32 Å². The van der Waals surface area contributed by atoms with Crippen LogP contribution in [0.25, 0.3) is 0 Å². The molecule has 1 aromatic rings. The minimum Gasteiger partial charge on any atom is -0.304 e. The average molecular weight is 164 g/mol. The van der Waals surface area contributed by atoms with E-state index in [4.69, 9.17) is 5.26 Å². The fourth-order valence-electron chi connectivity index (χ4n) is 0.957. The lowest BCUT2D eigenvalue weighted by Crippen LogP contribution is -2.17. The number of nitrogens with zero attached hydrogens (tertiary/aromatic N) is 3. The first-order valence-electron chi connectivity index (χ1n) is 3.89. The zero-order chi connectivity index (χ0) is 8.81. The van der Waals surface area contributed by atoms with Crippen LogP contribution >= 0.6 is 0 Å². The van der Waals surface area contributed by atoms with Crippen LogP contribution in [0.3, 0.4) is 0 Å². The zero-order valence-electron chi connectivity index (χ0n) is 7.12. The molecule has 0 aliphatic rings. The number of nitriles is 1. The molecule has 0 atom stereocenters. The van der Waals surface area contributed by atoms with Crippen molar-refractivity contribution in [3.05, 3.63) is 18.0 Å². The lowest BCUT2D eigenvalue weighted by molar-refractivity contribution is 0.702. The Morgan fingerprint density at radius 2 is 2.58 bits per heavy atom. The van der Waals surface area contributed by atoms with E-state index in [1.807, 2.05) is 25.4 Å². The first-order chi connectivity index (χ1) is 5.83. The summed E-state index contributed by atoms with van der Waals surface area (Å²) in [6.07, 6.45) is 2.79. The average Bonchev–Trinajstić information content (AvgIpc) is 2.45. The van der Waals surface area contributed by atoms with Crippen molar-refractivity contribution in [2.75, 3.05) is 13.1 Å². The van der Waals surface area contributed by atoms with E-state index >= 15 is 0 Å². The lowest BCUT2D eigenvalue weighted by atomic mass is 10.3. The molecule has 0 amide bonds. The summed E-state index contributed by atoms with van der Waals surface area (Å²) >= 11 is 0. The molecule has 4 heteroatoms. The molecule has 0 unspecified atom stereocenters. The maximum atomic E-state index is 8.24. The summed E-state index contributed by atoms with van der Waals surface area (Å²) in [5.74, 6) is 0. The molecule has 0 aromatic carbocycles. The molecule has 0 aliphatic carbocycles. The number of aryl methyl sites for hydroxylation is 1. The predicted octanol–water partition coefficient (Wildman–Crippen LogP) is 0.0758. The molecule has 0 saturated heterocycles. The molecule has 1 heterocycles. The van der Waals surface area contributed by atoms with Crippen molar-refractivity contribution in [2.45, 2.75) is 6.42 Å². The fourth-order valence-corrected chi connectivity index (χ4v) is 0.957. The van der Waals surface area contributed by atoms with E-state index in [0.717, 1.165) is 18.7 Å². The highest BCUT2D eigenvalue weighted by atomic mass is 15.2. The molecule has 12 heavy (non-hydrogen) atoms. The van der Waals surface area contributed by atoms with Crippen LogP contribution in [0.1, 0.15) is 5.69 Å². The van der Waals surface area contributed by atoms with E-state index < -0.39 is 0 Å². The summed E-state index contributed by atoms with van der Waals surface area (Å²) in [6.45, 7) is 1.22. The van der Waals surface area contributed by atoms with Crippen molar-refractivity contribution < 1.29 is 0 Å². The maximum absolute atomic E-state index is 8.24. The van der Waals surface area contributed by atoms with Crippen molar-refractivity contribution >= 4 is 0 Å². The third kappa shape index (κ3) is 2.72. The van der Waals surface area contributed by atoms with Gasteiger partial charge in [-0.15, -0.1) is 0 Å². The zero-order valence-corrected chi connectivity index (χ0v) is 7.12. The fraction of sp³-hybridized carbons (Fsp3) is 0.500. The minimum absolute atomic E-state index is 0.410. The molecular weight excluding hydrogens is 152 g/mol. The second kappa shape index (κ2) is 4.52. The normalized spacial score (nSPS) is 9.67. The van der Waals surface area contributed by atoms with E-state index in [1.54, 1.807) is 4.68 Å². The molecule has 64 valence electrons. The summed E-state index contributed by atoms with van der Waals surface area (Å²) in [4.78, 5) is 0. The third-order valence-corrected chi connectivity index (χ3v) is 1.53. The van der Waals surface area contributed by atoms with Crippen molar-refractivity contribution in [1.82, 2.24) is 15.1 Å². The summed E-state index contributed by atoms with van der Waals surface area (Å²) in [7, 11) is 1.90. The number of rotatable bonds is 4. The van der Waals surface area contributed by atoms with E-state index in [0.29, 0.717) is 6.54 Å². The van der Waals surface area contributed by atoms with Gasteiger partial charge in [-0.25, -0.2) is 0 Å². The number of aromatic nitrogens is 2. The second-order valence-corrected chi connectivity index (χ2v) is 2.57. The van der Waals surface area contributed by atoms with Crippen molar-refractivity contribution in [3.63, 3.8) is 0 Å². The van der Waals surface area contributed by atoms with E-state index in [-0.39, 0.29) is 0 Å². The smallest absolute Gasteiger partial charge is 0.0841 e. The highest BCUT2D eigenvalue weighted by molar-refractivity contribution is 4.99. The van der Waals surface area contributed by atoms with Gasteiger partial charge in [0.2, 0.25) is 0 Å². The minimum atomic E-state index is 0.410. The Balaban J connectivity index is 2.21. The summed E-state index contributed by atoms with van der Waals surface area (Å²) in [6, 6.07) is 4.00. The predicted molar refractivity (Wildman–Crippen MR) is 45.4 cm³/mol. The van der Waals surface area contributed by atoms with Crippen LogP contribution in [0.4, 0.5) is 0 Å². The monoisotopic (exact) mass is 164 g/mol.